The minimum absolute atomic E-state index is 0. The van der Waals surface area contributed by atoms with E-state index < -0.39 is 24.9 Å². The maximum atomic E-state index is 8.76. The summed E-state index contributed by atoms with van der Waals surface area (Å²) in [5.41, 5.74) is 0. The molecule has 0 saturated carbocycles. The predicted molar refractivity (Wildman–Crippen MR) is 25.1 cm³/mol. The van der Waals surface area contributed by atoms with Crippen molar-refractivity contribution in [1.82, 2.24) is 0 Å². The smallest absolute Gasteiger partial charge is 0 e. The molecule has 65 valence electrons. The van der Waals surface area contributed by atoms with Gasteiger partial charge in [0.1, 0.15) is 0 Å². The SMILES string of the molecule is O=S(=O)(O)O.O=[Se](O)O.[Mn]. The summed E-state index contributed by atoms with van der Waals surface area (Å²) in [4.78, 5) is 0. The molecule has 10 heteroatoms. The van der Waals surface area contributed by atoms with Crippen molar-refractivity contribution in [3.05, 3.63) is 0 Å². The average molecular weight is 282 g/mol. The van der Waals surface area contributed by atoms with Gasteiger partial charge in [-0.15, -0.1) is 0 Å². The van der Waals surface area contributed by atoms with Crippen LogP contribution < -0.4 is 0 Å². The third-order valence-corrected chi connectivity index (χ3v) is 0. The molecule has 0 unspecified atom stereocenters. The van der Waals surface area contributed by atoms with Crippen LogP contribution in [0.1, 0.15) is 0 Å². The van der Waals surface area contributed by atoms with Crippen LogP contribution in [0.5, 0.6) is 0 Å². The van der Waals surface area contributed by atoms with Gasteiger partial charge in [0, 0.05) is 17.1 Å². The molecule has 10 heavy (non-hydrogen) atoms. The van der Waals surface area contributed by atoms with Gasteiger partial charge in [-0.2, -0.15) is 8.42 Å². The molecule has 0 heterocycles. The van der Waals surface area contributed by atoms with Crippen LogP contribution in [-0.2, 0) is 31.3 Å². The van der Waals surface area contributed by atoms with Gasteiger partial charge in [-0.25, -0.2) is 0 Å². The Morgan fingerprint density at radius 1 is 1.10 bits per heavy atom. The molecule has 0 aromatic carbocycles. The van der Waals surface area contributed by atoms with Crippen molar-refractivity contribution >= 4 is 24.9 Å². The Labute approximate surface area is 71.8 Å². The third kappa shape index (κ3) is 1270. The quantitative estimate of drug-likeness (QED) is 0.291. The van der Waals surface area contributed by atoms with Crippen molar-refractivity contribution in [1.29, 1.82) is 0 Å². The van der Waals surface area contributed by atoms with E-state index in [-0.39, 0.29) is 17.1 Å². The third-order valence-electron chi connectivity index (χ3n) is 0. The largest absolute Gasteiger partial charge is 0 e. The Hall–Kier alpha value is 0.629. The van der Waals surface area contributed by atoms with Gasteiger partial charge in [0.25, 0.3) is 0 Å². The maximum absolute atomic E-state index is 8.76. The van der Waals surface area contributed by atoms with E-state index >= 15 is 0 Å². The number of hydrogen-bond acceptors (Lipinski definition) is 3. The van der Waals surface area contributed by atoms with E-state index in [2.05, 4.69) is 0 Å². The zero-order valence-corrected chi connectivity index (χ0v) is 7.92. The molecule has 0 fully saturated rings. The van der Waals surface area contributed by atoms with Gasteiger partial charge in [0.2, 0.25) is 0 Å². The molecular weight excluding hydrogens is 278 g/mol. The topological polar surface area (TPSA) is 132 Å². The van der Waals surface area contributed by atoms with Crippen molar-refractivity contribution in [2.75, 3.05) is 0 Å². The summed E-state index contributed by atoms with van der Waals surface area (Å²) in [6, 6.07) is 0. The molecular formula is H4MnO7SSe. The molecule has 0 atom stereocenters. The van der Waals surface area contributed by atoms with Crippen LogP contribution in [0.3, 0.4) is 0 Å². The minimum Gasteiger partial charge on any atom is 0 e. The molecule has 0 bridgehead atoms. The molecule has 0 aliphatic rings. The number of rotatable bonds is 0. The molecule has 7 nitrogen and oxygen atoms in total. The Bertz CT molecular complexity index is 156. The summed E-state index contributed by atoms with van der Waals surface area (Å²) >= 11 is -3.29. The summed E-state index contributed by atoms with van der Waals surface area (Å²) in [5, 5.41) is 0. The van der Waals surface area contributed by atoms with E-state index in [0.717, 1.165) is 0 Å². The zero-order chi connectivity index (χ0) is 8.08. The van der Waals surface area contributed by atoms with Gasteiger partial charge < -0.3 is 0 Å². The van der Waals surface area contributed by atoms with Crippen LogP contribution in [0.2, 0.25) is 0 Å². The van der Waals surface area contributed by atoms with Crippen molar-refractivity contribution in [3.63, 3.8) is 0 Å². The summed E-state index contributed by atoms with van der Waals surface area (Å²) in [5.74, 6) is 0. The van der Waals surface area contributed by atoms with Gasteiger partial charge in [0.15, 0.2) is 0 Å². The van der Waals surface area contributed by atoms with Crippen molar-refractivity contribution in [2.24, 2.45) is 0 Å². The van der Waals surface area contributed by atoms with E-state index in [4.69, 9.17) is 29.7 Å². The molecule has 0 saturated heterocycles. The van der Waals surface area contributed by atoms with Gasteiger partial charge in [-0.3, -0.25) is 9.11 Å². The van der Waals surface area contributed by atoms with Crippen LogP contribution in [0, 0.1) is 0 Å². The standard InChI is InChI=1S/Mn.H2O4S.H2O3Se/c;1-5(2,3)4;1-4(2)3/h;(H2,1,2,3,4);(H2,1,2,3). The fourth-order valence-electron chi connectivity index (χ4n) is 0. The second kappa shape index (κ2) is 7.73. The normalized spacial score (nSPS) is 9.30. The van der Waals surface area contributed by atoms with E-state index in [1.54, 1.807) is 0 Å². The first-order valence-electron chi connectivity index (χ1n) is 1.23. The first-order chi connectivity index (χ1) is 3.73. The average Bonchev–Trinajstić information content (AvgIpc) is 1.19. The van der Waals surface area contributed by atoms with Gasteiger partial charge in [0.05, 0.1) is 0 Å². The molecule has 0 aliphatic carbocycles. The number of hydrogen-bond donors (Lipinski definition) is 4. The second-order valence-electron chi connectivity index (χ2n) is 0.679. The van der Waals surface area contributed by atoms with Crippen LogP contribution in [0.4, 0.5) is 0 Å². The maximum Gasteiger partial charge on any atom is 0 e. The molecule has 0 rings (SSSR count). The predicted octanol–water partition coefficient (Wildman–Crippen LogP) is -2.27. The zero-order valence-electron chi connectivity index (χ0n) is 4.21. The van der Waals surface area contributed by atoms with Crippen molar-refractivity contribution in [2.45, 2.75) is 0 Å². The summed E-state index contributed by atoms with van der Waals surface area (Å²) in [6.07, 6.45) is 0. The van der Waals surface area contributed by atoms with E-state index in [0.29, 0.717) is 0 Å². The van der Waals surface area contributed by atoms with Gasteiger partial charge in [-0.1, -0.05) is 0 Å². The molecule has 0 amide bonds. The fourth-order valence-corrected chi connectivity index (χ4v) is 0. The van der Waals surface area contributed by atoms with Crippen LogP contribution in [0.25, 0.3) is 0 Å². The van der Waals surface area contributed by atoms with Crippen molar-refractivity contribution < 1.29 is 46.8 Å². The van der Waals surface area contributed by atoms with Gasteiger partial charge >= 0.3 is 37.1 Å². The first-order valence-corrected chi connectivity index (χ1v) is 4.86. The monoisotopic (exact) mass is 283 g/mol. The Morgan fingerprint density at radius 3 is 1.10 bits per heavy atom. The van der Waals surface area contributed by atoms with E-state index in [1.165, 1.54) is 0 Å². The molecule has 0 aromatic heterocycles. The van der Waals surface area contributed by atoms with Crippen LogP contribution in [0.15, 0.2) is 0 Å². The molecule has 4 N–H and O–H groups in total. The van der Waals surface area contributed by atoms with E-state index in [9.17, 15) is 0 Å². The Kier molecular flexibility index (Phi) is 13.1. The Balaban J connectivity index is -0.0000000910. The van der Waals surface area contributed by atoms with E-state index in [1.807, 2.05) is 0 Å². The van der Waals surface area contributed by atoms with Crippen molar-refractivity contribution in [3.8, 4) is 0 Å². The van der Waals surface area contributed by atoms with Crippen LogP contribution >= 0.6 is 0 Å². The summed E-state index contributed by atoms with van der Waals surface area (Å²) < 4.78 is 54.7. The fraction of sp³-hybridized carbons (Fsp3) is 0. The molecule has 0 aliphatic heterocycles. The molecule has 0 aromatic rings. The first kappa shape index (κ1) is 16.9. The summed E-state index contributed by atoms with van der Waals surface area (Å²) in [6.45, 7) is 0. The van der Waals surface area contributed by atoms with Crippen LogP contribution in [-0.4, -0.2) is 40.4 Å². The minimum atomic E-state index is -4.67. The Morgan fingerprint density at radius 2 is 1.10 bits per heavy atom. The van der Waals surface area contributed by atoms with Gasteiger partial charge in [-0.05, 0) is 0 Å². The molecule has 0 spiro atoms. The molecule has 1 radical (unpaired) electrons. The second-order valence-corrected chi connectivity index (χ2v) is 2.54. The summed E-state index contributed by atoms with van der Waals surface area (Å²) in [7, 11) is -4.67.